The van der Waals surface area contributed by atoms with Gasteiger partial charge in [-0.25, -0.2) is 0 Å². The minimum Gasteiger partial charge on any atom is -0.322 e. The minimum absolute atomic E-state index is 0.629. The van der Waals surface area contributed by atoms with E-state index < -0.39 is 7.73 Å². The predicted molar refractivity (Wildman–Crippen MR) is 91.3 cm³/mol. The van der Waals surface area contributed by atoms with Crippen LogP contribution < -0.4 is 0 Å². The average Bonchev–Trinajstić information content (AvgIpc) is 2.47. The highest BCUT2D eigenvalue weighted by molar-refractivity contribution is 7.76. The van der Waals surface area contributed by atoms with Gasteiger partial charge in [0.15, 0.2) is 0 Å². The van der Waals surface area contributed by atoms with E-state index in [9.17, 15) is 0 Å². The Morgan fingerprint density at radius 2 is 1.20 bits per heavy atom. The van der Waals surface area contributed by atoms with Crippen LogP contribution in [0, 0.1) is 11.8 Å². The first kappa shape index (κ1) is 20.6. The van der Waals surface area contributed by atoms with E-state index >= 15 is 0 Å². The quantitative estimate of drug-likeness (QED) is 0.323. The fourth-order valence-corrected chi connectivity index (χ4v) is 3.23. The highest BCUT2D eigenvalue weighted by atomic mass is 35.7. The summed E-state index contributed by atoms with van der Waals surface area (Å²) in [6.45, 7) is 10.4. The standard InChI is InChI=1S/C16H34ClO2P/c1-5-9-11-15(7-3)13-18-20(17)19-14-16(8-4)12-10-6-2/h15-16H,5-14H2,1-4H3. The summed E-state index contributed by atoms with van der Waals surface area (Å²) in [5, 5.41) is 0. The summed E-state index contributed by atoms with van der Waals surface area (Å²) in [6, 6.07) is 0. The SMILES string of the molecule is CCCCC(CC)COP(Cl)OCC(CC)CCCC. The Kier molecular flexibility index (Phi) is 15.0. The number of rotatable bonds is 14. The van der Waals surface area contributed by atoms with Crippen molar-refractivity contribution >= 4 is 19.0 Å². The fourth-order valence-electron chi connectivity index (χ4n) is 2.16. The zero-order chi connectivity index (χ0) is 15.2. The molecule has 0 radical (unpaired) electrons. The van der Waals surface area contributed by atoms with Gasteiger partial charge in [0, 0.05) is 0 Å². The molecule has 0 N–H and O–H groups in total. The molecule has 2 nitrogen and oxygen atoms in total. The molecule has 0 rings (SSSR count). The van der Waals surface area contributed by atoms with Crippen LogP contribution in [-0.2, 0) is 9.05 Å². The van der Waals surface area contributed by atoms with Gasteiger partial charge >= 0.3 is 0 Å². The summed E-state index contributed by atoms with van der Waals surface area (Å²) < 4.78 is 11.4. The normalized spacial score (nSPS) is 16.1. The summed E-state index contributed by atoms with van der Waals surface area (Å²) in [4.78, 5) is 0. The maximum atomic E-state index is 6.17. The lowest BCUT2D eigenvalue weighted by Gasteiger charge is -2.19. The summed E-state index contributed by atoms with van der Waals surface area (Å²) in [5.74, 6) is 1.26. The van der Waals surface area contributed by atoms with Crippen molar-refractivity contribution < 1.29 is 9.05 Å². The van der Waals surface area contributed by atoms with E-state index in [0.29, 0.717) is 11.8 Å². The minimum atomic E-state index is -1.21. The van der Waals surface area contributed by atoms with Crippen molar-refractivity contribution in [2.75, 3.05) is 13.2 Å². The van der Waals surface area contributed by atoms with Gasteiger partial charge in [0.1, 0.15) is 0 Å². The topological polar surface area (TPSA) is 18.5 Å². The maximum absolute atomic E-state index is 6.17. The highest BCUT2D eigenvalue weighted by Crippen LogP contribution is 2.45. The van der Waals surface area contributed by atoms with Crippen molar-refractivity contribution in [3.63, 3.8) is 0 Å². The molecule has 0 aromatic rings. The van der Waals surface area contributed by atoms with Crippen molar-refractivity contribution in [3.05, 3.63) is 0 Å². The van der Waals surface area contributed by atoms with Crippen LogP contribution in [0.15, 0.2) is 0 Å². The number of unbranched alkanes of at least 4 members (excludes halogenated alkanes) is 2. The molecule has 4 heteroatoms. The zero-order valence-corrected chi connectivity index (χ0v) is 15.5. The van der Waals surface area contributed by atoms with Crippen molar-refractivity contribution in [1.29, 1.82) is 0 Å². The van der Waals surface area contributed by atoms with Crippen LogP contribution in [0.25, 0.3) is 0 Å². The van der Waals surface area contributed by atoms with E-state index in [-0.39, 0.29) is 0 Å². The number of hydrogen-bond donors (Lipinski definition) is 0. The van der Waals surface area contributed by atoms with Gasteiger partial charge < -0.3 is 9.05 Å². The van der Waals surface area contributed by atoms with Crippen molar-refractivity contribution in [2.45, 2.75) is 79.1 Å². The Bertz CT molecular complexity index is 185. The molecule has 0 saturated carbocycles. The smallest absolute Gasteiger partial charge is 0.276 e. The molecule has 20 heavy (non-hydrogen) atoms. The van der Waals surface area contributed by atoms with E-state index in [1.54, 1.807) is 0 Å². The van der Waals surface area contributed by atoms with Crippen LogP contribution in [0.4, 0.5) is 0 Å². The summed E-state index contributed by atoms with van der Waals surface area (Å²) >= 11 is 6.17. The molecule has 0 aromatic carbocycles. The first-order chi connectivity index (χ1) is 9.67. The molecule has 2 atom stereocenters. The molecule has 0 aliphatic heterocycles. The van der Waals surface area contributed by atoms with Crippen LogP contribution in [0.5, 0.6) is 0 Å². The molecule has 0 bridgehead atoms. The Hall–Kier alpha value is 0.640. The number of halogens is 1. The van der Waals surface area contributed by atoms with E-state index in [0.717, 1.165) is 26.1 Å². The van der Waals surface area contributed by atoms with Gasteiger partial charge in [-0.15, -0.1) is 0 Å². The second-order valence-electron chi connectivity index (χ2n) is 5.64. The molecule has 0 spiro atoms. The van der Waals surface area contributed by atoms with Gasteiger partial charge in [-0.05, 0) is 35.9 Å². The monoisotopic (exact) mass is 324 g/mol. The second kappa shape index (κ2) is 14.6. The largest absolute Gasteiger partial charge is 0.322 e. The third-order valence-electron chi connectivity index (χ3n) is 3.91. The van der Waals surface area contributed by atoms with Crippen LogP contribution in [0.1, 0.15) is 79.1 Å². The third-order valence-corrected chi connectivity index (χ3v) is 5.20. The van der Waals surface area contributed by atoms with Gasteiger partial charge in [0.2, 0.25) is 0 Å². The van der Waals surface area contributed by atoms with Gasteiger partial charge in [-0.3, -0.25) is 0 Å². The molecule has 0 amide bonds. The Labute approximate surface area is 132 Å². The van der Waals surface area contributed by atoms with Crippen LogP contribution in [-0.4, -0.2) is 13.2 Å². The summed E-state index contributed by atoms with van der Waals surface area (Å²) in [5.41, 5.74) is 0. The van der Waals surface area contributed by atoms with E-state index in [4.69, 9.17) is 20.3 Å². The molecule has 0 aromatic heterocycles. The highest BCUT2D eigenvalue weighted by Gasteiger charge is 2.14. The lowest BCUT2D eigenvalue weighted by molar-refractivity contribution is 0.189. The van der Waals surface area contributed by atoms with Crippen LogP contribution in [0.3, 0.4) is 0 Å². The summed E-state index contributed by atoms with van der Waals surface area (Å²) in [7, 11) is -1.21. The van der Waals surface area contributed by atoms with Crippen molar-refractivity contribution in [1.82, 2.24) is 0 Å². The van der Waals surface area contributed by atoms with Gasteiger partial charge in [0.25, 0.3) is 7.73 Å². The second-order valence-corrected chi connectivity index (χ2v) is 7.41. The lowest BCUT2D eigenvalue weighted by atomic mass is 10.0. The summed E-state index contributed by atoms with van der Waals surface area (Å²) in [6.07, 6.45) is 9.84. The number of hydrogen-bond acceptors (Lipinski definition) is 2. The maximum Gasteiger partial charge on any atom is 0.276 e. The molecule has 122 valence electrons. The zero-order valence-electron chi connectivity index (χ0n) is 13.9. The molecular formula is C16H34ClO2P. The first-order valence-corrected chi connectivity index (χ1v) is 10.5. The molecule has 0 aliphatic carbocycles. The van der Waals surface area contributed by atoms with Gasteiger partial charge in [-0.1, -0.05) is 66.2 Å². The molecule has 0 heterocycles. The molecular weight excluding hydrogens is 291 g/mol. The van der Waals surface area contributed by atoms with E-state index in [1.165, 1.54) is 38.5 Å². The van der Waals surface area contributed by atoms with Crippen LogP contribution in [0.2, 0.25) is 0 Å². The Morgan fingerprint density at radius 3 is 1.50 bits per heavy atom. The van der Waals surface area contributed by atoms with E-state index in [2.05, 4.69) is 27.7 Å². The molecule has 0 fully saturated rings. The van der Waals surface area contributed by atoms with Crippen molar-refractivity contribution in [3.8, 4) is 0 Å². The first-order valence-electron chi connectivity index (χ1n) is 8.39. The Balaban J connectivity index is 3.76. The lowest BCUT2D eigenvalue weighted by Crippen LogP contribution is -2.09. The van der Waals surface area contributed by atoms with Crippen molar-refractivity contribution in [2.24, 2.45) is 11.8 Å². The Morgan fingerprint density at radius 1 is 0.800 bits per heavy atom. The average molecular weight is 325 g/mol. The molecule has 0 saturated heterocycles. The van der Waals surface area contributed by atoms with Crippen LogP contribution >= 0.6 is 19.0 Å². The molecule has 2 unspecified atom stereocenters. The van der Waals surface area contributed by atoms with Gasteiger partial charge in [0.05, 0.1) is 13.2 Å². The predicted octanol–water partition coefficient (Wildman–Crippen LogP) is 6.92. The van der Waals surface area contributed by atoms with E-state index in [1.807, 2.05) is 0 Å². The fraction of sp³-hybridized carbons (Fsp3) is 1.00. The third kappa shape index (κ3) is 11.3. The molecule has 0 aliphatic rings. The van der Waals surface area contributed by atoms with Gasteiger partial charge in [-0.2, -0.15) is 0 Å².